The van der Waals surface area contributed by atoms with Gasteiger partial charge in [-0.15, -0.1) is 0 Å². The van der Waals surface area contributed by atoms with E-state index in [-0.39, 0.29) is 0 Å². The highest BCUT2D eigenvalue weighted by molar-refractivity contribution is 5.18. The summed E-state index contributed by atoms with van der Waals surface area (Å²) in [5.74, 6) is 0. The third-order valence-electron chi connectivity index (χ3n) is 3.57. The van der Waals surface area contributed by atoms with Gasteiger partial charge >= 0.3 is 0 Å². The Balaban J connectivity index is 2.01. The number of likely N-dealkylation sites (N-methyl/N-ethyl adjacent to an activating group) is 1. The lowest BCUT2D eigenvalue weighted by molar-refractivity contribution is 0.277. The Morgan fingerprint density at radius 1 is 0.909 bits per heavy atom. The number of benzene rings is 2. The van der Waals surface area contributed by atoms with Crippen molar-refractivity contribution in [2.45, 2.75) is 20.0 Å². The van der Waals surface area contributed by atoms with Crippen molar-refractivity contribution >= 4 is 0 Å². The van der Waals surface area contributed by atoms with Crippen molar-refractivity contribution in [1.29, 1.82) is 0 Å². The quantitative estimate of drug-likeness (QED) is 0.707. The standard InChI is InChI=1S/C20H26N2/c1-3-21-14-18(2)15-22(16-19-10-6-4-7-11-19)17-20-12-8-5-9-13-20/h4-13,21H,2-3,14-17H2,1H3. The molecule has 2 aromatic rings. The second-order valence-electron chi connectivity index (χ2n) is 5.65. The first-order valence-corrected chi connectivity index (χ1v) is 7.95. The molecule has 2 heteroatoms. The van der Waals surface area contributed by atoms with E-state index in [1.165, 1.54) is 16.7 Å². The van der Waals surface area contributed by atoms with Crippen LogP contribution < -0.4 is 5.32 Å². The molecule has 0 heterocycles. The van der Waals surface area contributed by atoms with E-state index in [4.69, 9.17) is 0 Å². The lowest BCUT2D eigenvalue weighted by Gasteiger charge is -2.24. The van der Waals surface area contributed by atoms with Gasteiger partial charge in [0.05, 0.1) is 0 Å². The Bertz CT molecular complexity index is 507. The minimum atomic E-state index is 0.885. The molecule has 0 unspecified atom stereocenters. The molecule has 0 aromatic heterocycles. The lowest BCUT2D eigenvalue weighted by atomic mass is 10.1. The predicted octanol–water partition coefficient (Wildman–Crippen LogP) is 3.85. The maximum Gasteiger partial charge on any atom is 0.0240 e. The minimum absolute atomic E-state index is 0.885. The topological polar surface area (TPSA) is 15.3 Å². The van der Waals surface area contributed by atoms with E-state index in [0.29, 0.717) is 0 Å². The molecule has 0 fully saturated rings. The lowest BCUT2D eigenvalue weighted by Crippen LogP contribution is -2.28. The monoisotopic (exact) mass is 294 g/mol. The molecule has 0 aliphatic rings. The van der Waals surface area contributed by atoms with Gasteiger partial charge in [0.2, 0.25) is 0 Å². The zero-order valence-electron chi connectivity index (χ0n) is 13.5. The van der Waals surface area contributed by atoms with Crippen LogP contribution in [0.5, 0.6) is 0 Å². The van der Waals surface area contributed by atoms with E-state index in [1.807, 2.05) is 0 Å². The highest BCUT2D eigenvalue weighted by Crippen LogP contribution is 2.11. The van der Waals surface area contributed by atoms with E-state index in [1.54, 1.807) is 0 Å². The number of rotatable bonds is 9. The molecule has 0 radical (unpaired) electrons. The molecule has 0 bridgehead atoms. The van der Waals surface area contributed by atoms with Gasteiger partial charge in [0.25, 0.3) is 0 Å². The van der Waals surface area contributed by atoms with Crippen molar-refractivity contribution < 1.29 is 0 Å². The van der Waals surface area contributed by atoms with Gasteiger partial charge in [-0.25, -0.2) is 0 Å². The van der Waals surface area contributed by atoms with Crippen LogP contribution in [0.1, 0.15) is 18.1 Å². The van der Waals surface area contributed by atoms with Crippen molar-refractivity contribution in [3.63, 3.8) is 0 Å². The van der Waals surface area contributed by atoms with E-state index >= 15 is 0 Å². The molecule has 0 spiro atoms. The van der Waals surface area contributed by atoms with Crippen molar-refractivity contribution in [2.24, 2.45) is 0 Å². The second-order valence-corrected chi connectivity index (χ2v) is 5.65. The fourth-order valence-corrected chi connectivity index (χ4v) is 2.52. The highest BCUT2D eigenvalue weighted by atomic mass is 15.1. The predicted molar refractivity (Wildman–Crippen MR) is 94.7 cm³/mol. The first-order valence-electron chi connectivity index (χ1n) is 7.95. The first kappa shape index (κ1) is 16.5. The van der Waals surface area contributed by atoms with E-state index in [2.05, 4.69) is 84.4 Å². The Kier molecular flexibility index (Phi) is 6.88. The molecule has 0 amide bonds. The Hall–Kier alpha value is -1.90. The van der Waals surface area contributed by atoms with Crippen molar-refractivity contribution in [3.8, 4) is 0 Å². The van der Waals surface area contributed by atoms with Crippen LogP contribution >= 0.6 is 0 Å². The Labute approximate surface area is 134 Å². The number of nitrogens with zero attached hydrogens (tertiary/aromatic N) is 1. The summed E-state index contributed by atoms with van der Waals surface area (Å²) >= 11 is 0. The third kappa shape index (κ3) is 5.84. The molecule has 0 saturated carbocycles. The molecule has 2 nitrogen and oxygen atoms in total. The van der Waals surface area contributed by atoms with Gasteiger partial charge in [-0.05, 0) is 23.2 Å². The normalized spacial score (nSPS) is 10.8. The average molecular weight is 294 g/mol. The smallest absolute Gasteiger partial charge is 0.0240 e. The minimum Gasteiger partial charge on any atom is -0.313 e. The molecule has 0 aliphatic carbocycles. The van der Waals surface area contributed by atoms with Crippen LogP contribution in [0.25, 0.3) is 0 Å². The summed E-state index contributed by atoms with van der Waals surface area (Å²) in [4.78, 5) is 2.45. The summed E-state index contributed by atoms with van der Waals surface area (Å²) in [6, 6.07) is 21.3. The first-order chi connectivity index (χ1) is 10.8. The molecule has 2 rings (SSSR count). The third-order valence-corrected chi connectivity index (χ3v) is 3.57. The van der Waals surface area contributed by atoms with Crippen LogP contribution in [0.15, 0.2) is 72.8 Å². The van der Waals surface area contributed by atoms with Gasteiger partial charge in [0.1, 0.15) is 0 Å². The summed E-state index contributed by atoms with van der Waals surface area (Å²) < 4.78 is 0. The largest absolute Gasteiger partial charge is 0.313 e. The molecule has 1 N–H and O–H groups in total. The summed E-state index contributed by atoms with van der Waals surface area (Å²) in [5, 5.41) is 3.35. The molecule has 116 valence electrons. The maximum atomic E-state index is 4.21. The van der Waals surface area contributed by atoms with Gasteiger partial charge in [-0.2, -0.15) is 0 Å². The SMILES string of the molecule is C=C(CNCC)CN(Cc1ccccc1)Cc1ccccc1. The van der Waals surface area contributed by atoms with Crippen molar-refractivity contribution in [3.05, 3.63) is 83.9 Å². The number of hydrogen-bond acceptors (Lipinski definition) is 2. The van der Waals surface area contributed by atoms with Crippen molar-refractivity contribution in [2.75, 3.05) is 19.6 Å². The maximum absolute atomic E-state index is 4.21. The second kappa shape index (κ2) is 9.19. The molecule has 22 heavy (non-hydrogen) atoms. The highest BCUT2D eigenvalue weighted by Gasteiger charge is 2.08. The number of hydrogen-bond donors (Lipinski definition) is 1. The van der Waals surface area contributed by atoms with Gasteiger partial charge in [-0.3, -0.25) is 4.90 Å². The van der Waals surface area contributed by atoms with Gasteiger partial charge < -0.3 is 5.32 Å². The van der Waals surface area contributed by atoms with Crippen molar-refractivity contribution in [1.82, 2.24) is 10.2 Å². The number of nitrogens with one attached hydrogen (secondary N) is 1. The summed E-state index contributed by atoms with van der Waals surface area (Å²) in [5.41, 5.74) is 3.91. The Morgan fingerprint density at radius 3 is 1.86 bits per heavy atom. The van der Waals surface area contributed by atoms with Crippen LogP contribution in [-0.2, 0) is 13.1 Å². The van der Waals surface area contributed by atoms with Gasteiger partial charge in [-0.1, -0.05) is 74.2 Å². The zero-order chi connectivity index (χ0) is 15.6. The summed E-state index contributed by atoms with van der Waals surface area (Å²) in [7, 11) is 0. The van der Waals surface area contributed by atoms with Gasteiger partial charge in [0.15, 0.2) is 0 Å². The van der Waals surface area contributed by atoms with E-state index in [9.17, 15) is 0 Å². The van der Waals surface area contributed by atoms with Crippen LogP contribution in [-0.4, -0.2) is 24.5 Å². The molecule has 0 atom stereocenters. The van der Waals surface area contributed by atoms with Gasteiger partial charge in [0, 0.05) is 26.2 Å². The zero-order valence-corrected chi connectivity index (χ0v) is 13.5. The molecule has 0 aliphatic heterocycles. The molecular weight excluding hydrogens is 268 g/mol. The van der Waals surface area contributed by atoms with Crippen LogP contribution in [0.2, 0.25) is 0 Å². The molecule has 2 aromatic carbocycles. The Morgan fingerprint density at radius 2 is 1.41 bits per heavy atom. The fourth-order valence-electron chi connectivity index (χ4n) is 2.52. The molecular formula is C20H26N2. The van der Waals surface area contributed by atoms with Crippen LogP contribution in [0.3, 0.4) is 0 Å². The summed E-state index contributed by atoms with van der Waals surface area (Å²) in [6.45, 7) is 11.0. The van der Waals surface area contributed by atoms with E-state index in [0.717, 1.165) is 32.7 Å². The fraction of sp³-hybridized carbons (Fsp3) is 0.300. The van der Waals surface area contributed by atoms with Crippen LogP contribution in [0, 0.1) is 0 Å². The van der Waals surface area contributed by atoms with Crippen LogP contribution in [0.4, 0.5) is 0 Å². The summed E-state index contributed by atoms with van der Waals surface area (Å²) in [6.07, 6.45) is 0. The molecule has 0 saturated heterocycles. The van der Waals surface area contributed by atoms with E-state index < -0.39 is 0 Å². The average Bonchev–Trinajstić information content (AvgIpc) is 2.55.